The van der Waals surface area contributed by atoms with Crippen molar-refractivity contribution >= 4 is 0 Å². The molecule has 1 heterocycles. The van der Waals surface area contributed by atoms with Gasteiger partial charge in [0.05, 0.1) is 20.3 Å². The highest BCUT2D eigenvalue weighted by Crippen LogP contribution is 2.40. The molecule has 2 rings (SSSR count). The third-order valence-corrected chi connectivity index (χ3v) is 3.34. The van der Waals surface area contributed by atoms with E-state index in [9.17, 15) is 5.11 Å². The lowest BCUT2D eigenvalue weighted by molar-refractivity contribution is -0.185. The van der Waals surface area contributed by atoms with Crippen LogP contribution in [0.1, 0.15) is 22.3 Å². The van der Waals surface area contributed by atoms with Gasteiger partial charge in [-0.2, -0.15) is 0 Å². The molecular formula is C13H18O3. The summed E-state index contributed by atoms with van der Waals surface area (Å²) in [7, 11) is 1.65. The Balaban J connectivity index is 2.63. The first-order chi connectivity index (χ1) is 7.49. The third-order valence-electron chi connectivity index (χ3n) is 3.34. The Kier molecular flexibility index (Phi) is 2.68. The van der Waals surface area contributed by atoms with Gasteiger partial charge in [0, 0.05) is 5.56 Å². The van der Waals surface area contributed by atoms with E-state index in [1.807, 2.05) is 13.8 Å². The molecular weight excluding hydrogens is 204 g/mol. The highest BCUT2D eigenvalue weighted by Gasteiger charge is 2.42. The van der Waals surface area contributed by atoms with Gasteiger partial charge in [-0.05, 0) is 37.5 Å². The molecule has 0 aromatic heterocycles. The minimum atomic E-state index is -0.867. The number of rotatable bonds is 2. The molecule has 0 aliphatic carbocycles. The summed E-state index contributed by atoms with van der Waals surface area (Å²) in [6.07, 6.45) is 0. The average Bonchev–Trinajstić information content (AvgIpc) is 2.19. The van der Waals surface area contributed by atoms with Crippen LogP contribution in [0.5, 0.6) is 5.75 Å². The quantitative estimate of drug-likeness (QED) is 0.829. The van der Waals surface area contributed by atoms with Crippen LogP contribution in [0.4, 0.5) is 0 Å². The number of methoxy groups -OCH3 is 1. The number of benzene rings is 1. The zero-order valence-corrected chi connectivity index (χ0v) is 10.3. The van der Waals surface area contributed by atoms with Crippen LogP contribution in [0.25, 0.3) is 0 Å². The van der Waals surface area contributed by atoms with Crippen LogP contribution in [-0.4, -0.2) is 25.4 Å². The molecule has 1 fully saturated rings. The number of ether oxygens (including phenoxy) is 2. The lowest BCUT2D eigenvalue weighted by Gasteiger charge is -2.39. The molecule has 1 aromatic carbocycles. The summed E-state index contributed by atoms with van der Waals surface area (Å²) in [5.74, 6) is 0.795. The summed E-state index contributed by atoms with van der Waals surface area (Å²) >= 11 is 0. The lowest BCUT2D eigenvalue weighted by Crippen LogP contribution is -2.47. The Morgan fingerprint density at radius 3 is 2.31 bits per heavy atom. The summed E-state index contributed by atoms with van der Waals surface area (Å²) in [6.45, 7) is 6.77. The SMILES string of the molecule is COc1c(C)c(C)cc(C)c1C1(O)COC1. The van der Waals surface area contributed by atoms with Gasteiger partial charge in [0.1, 0.15) is 11.4 Å². The zero-order valence-electron chi connectivity index (χ0n) is 10.3. The van der Waals surface area contributed by atoms with Crippen molar-refractivity contribution in [2.75, 3.05) is 20.3 Å². The van der Waals surface area contributed by atoms with Gasteiger partial charge in [0.25, 0.3) is 0 Å². The molecule has 16 heavy (non-hydrogen) atoms. The second-order valence-electron chi connectivity index (χ2n) is 4.57. The van der Waals surface area contributed by atoms with Gasteiger partial charge in [-0.1, -0.05) is 6.07 Å². The number of aryl methyl sites for hydroxylation is 2. The summed E-state index contributed by atoms with van der Waals surface area (Å²) in [5.41, 5.74) is 3.34. The number of aliphatic hydroxyl groups is 1. The Labute approximate surface area is 96.0 Å². The van der Waals surface area contributed by atoms with Crippen LogP contribution < -0.4 is 4.74 Å². The van der Waals surface area contributed by atoms with Crippen molar-refractivity contribution in [3.63, 3.8) is 0 Å². The van der Waals surface area contributed by atoms with Crippen LogP contribution in [0, 0.1) is 20.8 Å². The van der Waals surface area contributed by atoms with Crippen molar-refractivity contribution < 1.29 is 14.6 Å². The number of hydrogen-bond donors (Lipinski definition) is 1. The van der Waals surface area contributed by atoms with E-state index in [-0.39, 0.29) is 0 Å². The second-order valence-corrected chi connectivity index (χ2v) is 4.57. The smallest absolute Gasteiger partial charge is 0.140 e. The third kappa shape index (κ3) is 1.51. The molecule has 0 unspecified atom stereocenters. The highest BCUT2D eigenvalue weighted by atomic mass is 16.5. The van der Waals surface area contributed by atoms with E-state index in [1.54, 1.807) is 7.11 Å². The van der Waals surface area contributed by atoms with Crippen molar-refractivity contribution in [2.45, 2.75) is 26.4 Å². The van der Waals surface area contributed by atoms with Gasteiger partial charge in [-0.15, -0.1) is 0 Å². The molecule has 0 saturated carbocycles. The molecule has 1 aliphatic rings. The first kappa shape index (κ1) is 11.4. The van der Waals surface area contributed by atoms with Crippen molar-refractivity contribution in [3.05, 3.63) is 28.3 Å². The van der Waals surface area contributed by atoms with Crippen LogP contribution in [0.15, 0.2) is 6.07 Å². The first-order valence-electron chi connectivity index (χ1n) is 5.45. The highest BCUT2D eigenvalue weighted by molar-refractivity contribution is 5.53. The summed E-state index contributed by atoms with van der Waals surface area (Å²) in [4.78, 5) is 0. The van der Waals surface area contributed by atoms with Crippen molar-refractivity contribution in [3.8, 4) is 5.75 Å². The maximum Gasteiger partial charge on any atom is 0.140 e. The van der Waals surface area contributed by atoms with Crippen LogP contribution in [0.2, 0.25) is 0 Å². The molecule has 0 amide bonds. The summed E-state index contributed by atoms with van der Waals surface area (Å²) in [6, 6.07) is 2.09. The van der Waals surface area contributed by atoms with E-state index in [4.69, 9.17) is 9.47 Å². The Morgan fingerprint density at radius 2 is 1.88 bits per heavy atom. The largest absolute Gasteiger partial charge is 0.496 e. The molecule has 88 valence electrons. The van der Waals surface area contributed by atoms with E-state index < -0.39 is 5.60 Å². The molecule has 3 nitrogen and oxygen atoms in total. The van der Waals surface area contributed by atoms with E-state index >= 15 is 0 Å². The van der Waals surface area contributed by atoms with Crippen LogP contribution in [-0.2, 0) is 10.3 Å². The van der Waals surface area contributed by atoms with Crippen molar-refractivity contribution in [1.29, 1.82) is 0 Å². The topological polar surface area (TPSA) is 38.7 Å². The van der Waals surface area contributed by atoms with E-state index in [0.717, 1.165) is 22.4 Å². The number of hydrogen-bond acceptors (Lipinski definition) is 3. The normalized spacial score (nSPS) is 18.1. The van der Waals surface area contributed by atoms with Crippen molar-refractivity contribution in [2.24, 2.45) is 0 Å². The van der Waals surface area contributed by atoms with Gasteiger partial charge in [0.2, 0.25) is 0 Å². The molecule has 1 aromatic rings. The van der Waals surface area contributed by atoms with Crippen molar-refractivity contribution in [1.82, 2.24) is 0 Å². The zero-order chi connectivity index (χ0) is 11.9. The first-order valence-corrected chi connectivity index (χ1v) is 5.45. The van der Waals surface area contributed by atoms with E-state index in [1.165, 1.54) is 5.56 Å². The average molecular weight is 222 g/mol. The standard InChI is InChI=1S/C13H18O3/c1-8-5-9(2)11(12(15-4)10(8)3)13(14)6-16-7-13/h5,14H,6-7H2,1-4H3. The summed E-state index contributed by atoms with van der Waals surface area (Å²) in [5, 5.41) is 10.4. The second kappa shape index (κ2) is 3.75. The summed E-state index contributed by atoms with van der Waals surface area (Å²) < 4.78 is 10.6. The van der Waals surface area contributed by atoms with Gasteiger partial charge < -0.3 is 14.6 Å². The van der Waals surface area contributed by atoms with Gasteiger partial charge in [-0.25, -0.2) is 0 Å². The van der Waals surface area contributed by atoms with E-state index in [0.29, 0.717) is 13.2 Å². The molecule has 1 aliphatic heterocycles. The minimum Gasteiger partial charge on any atom is -0.496 e. The van der Waals surface area contributed by atoms with Crippen LogP contribution in [0.3, 0.4) is 0 Å². The maximum absolute atomic E-state index is 10.4. The molecule has 0 atom stereocenters. The Morgan fingerprint density at radius 1 is 1.25 bits per heavy atom. The fourth-order valence-electron chi connectivity index (χ4n) is 2.32. The Bertz CT molecular complexity index is 420. The fraction of sp³-hybridized carbons (Fsp3) is 0.538. The molecule has 3 heteroatoms. The minimum absolute atomic E-state index is 0.354. The van der Waals surface area contributed by atoms with Gasteiger partial charge in [-0.3, -0.25) is 0 Å². The predicted molar refractivity (Wildman–Crippen MR) is 61.9 cm³/mol. The molecule has 1 N–H and O–H groups in total. The molecule has 0 radical (unpaired) electrons. The molecule has 0 bridgehead atoms. The molecule has 0 spiro atoms. The van der Waals surface area contributed by atoms with Crippen LogP contribution >= 0.6 is 0 Å². The fourth-order valence-corrected chi connectivity index (χ4v) is 2.32. The van der Waals surface area contributed by atoms with Gasteiger partial charge in [0.15, 0.2) is 0 Å². The lowest BCUT2D eigenvalue weighted by atomic mass is 9.85. The maximum atomic E-state index is 10.4. The Hall–Kier alpha value is -1.06. The monoisotopic (exact) mass is 222 g/mol. The van der Waals surface area contributed by atoms with Gasteiger partial charge >= 0.3 is 0 Å². The predicted octanol–water partition coefficient (Wildman–Crippen LogP) is 1.84. The molecule has 1 saturated heterocycles. The van der Waals surface area contributed by atoms with E-state index in [2.05, 4.69) is 13.0 Å².